The van der Waals surface area contributed by atoms with Gasteiger partial charge in [-0.25, -0.2) is 0 Å². The predicted octanol–water partition coefficient (Wildman–Crippen LogP) is 2.75. The van der Waals surface area contributed by atoms with Crippen molar-refractivity contribution in [2.45, 2.75) is 48.8 Å². The first kappa shape index (κ1) is 14.5. The number of methoxy groups -OCH3 is 1. The van der Waals surface area contributed by atoms with Crippen LogP contribution in [0.5, 0.6) is 0 Å². The average Bonchev–Trinajstić information content (AvgIpc) is 2.98. The second-order valence-corrected chi connectivity index (χ2v) is 6.27. The highest BCUT2D eigenvalue weighted by molar-refractivity contribution is 8.00. The van der Waals surface area contributed by atoms with Gasteiger partial charge in [0, 0.05) is 10.1 Å². The molecular weight excluding hydrogens is 262 g/mol. The third-order valence-electron chi connectivity index (χ3n) is 3.67. The maximum Gasteiger partial charge on any atom is 0.326 e. The molecule has 0 amide bonds. The molecule has 4 nitrogen and oxygen atoms in total. The van der Waals surface area contributed by atoms with E-state index < -0.39 is 5.54 Å². The fourth-order valence-corrected chi connectivity index (χ4v) is 4.04. The number of ether oxygens (including phenoxy) is 1. The monoisotopic (exact) mass is 283 g/mol. The zero-order chi connectivity index (χ0) is 13.9. The molecule has 2 rings (SSSR count). The van der Waals surface area contributed by atoms with Crippen molar-refractivity contribution in [1.29, 1.82) is 0 Å². The van der Waals surface area contributed by atoms with Crippen LogP contribution in [0.15, 0.2) is 21.6 Å². The third-order valence-corrected chi connectivity index (χ3v) is 5.08. The van der Waals surface area contributed by atoms with Gasteiger partial charge in [0.25, 0.3) is 0 Å². The lowest BCUT2D eigenvalue weighted by molar-refractivity contribution is -0.148. The van der Waals surface area contributed by atoms with E-state index in [1.165, 1.54) is 12.0 Å². The van der Waals surface area contributed by atoms with Crippen LogP contribution >= 0.6 is 11.8 Å². The minimum Gasteiger partial charge on any atom is -0.468 e. The Kier molecular flexibility index (Phi) is 4.58. The Morgan fingerprint density at radius 2 is 2.47 bits per heavy atom. The van der Waals surface area contributed by atoms with Crippen molar-refractivity contribution in [2.75, 3.05) is 13.7 Å². The molecule has 1 aromatic heterocycles. The molecule has 106 valence electrons. The molecule has 19 heavy (non-hydrogen) atoms. The summed E-state index contributed by atoms with van der Waals surface area (Å²) < 4.78 is 10.3. The van der Waals surface area contributed by atoms with Crippen molar-refractivity contribution in [2.24, 2.45) is 0 Å². The van der Waals surface area contributed by atoms with Crippen molar-refractivity contribution in [3.8, 4) is 0 Å². The zero-order valence-electron chi connectivity index (χ0n) is 11.7. The van der Waals surface area contributed by atoms with Gasteiger partial charge in [0.15, 0.2) is 0 Å². The molecule has 1 aromatic rings. The van der Waals surface area contributed by atoms with Crippen LogP contribution in [0.1, 0.15) is 31.9 Å². The predicted molar refractivity (Wildman–Crippen MR) is 75.4 cm³/mol. The Labute approximate surface area is 118 Å². The summed E-state index contributed by atoms with van der Waals surface area (Å²) in [5.74, 6) is 0.811. The first-order valence-corrected chi connectivity index (χ1v) is 7.53. The van der Waals surface area contributed by atoms with Crippen LogP contribution in [0.4, 0.5) is 0 Å². The van der Waals surface area contributed by atoms with Crippen LogP contribution < -0.4 is 5.32 Å². The van der Waals surface area contributed by atoms with Gasteiger partial charge in [0.2, 0.25) is 0 Å². The van der Waals surface area contributed by atoms with Gasteiger partial charge in [0.1, 0.15) is 11.3 Å². The Hall–Kier alpha value is -0.940. The standard InChI is InChI=1S/C14H21NO3S/c1-4-15-14(13(16)17-3)7-5-11(9-14)19-12-6-8-18-10(12)2/h6,8,11,15H,4-5,7,9H2,1-3H3. The van der Waals surface area contributed by atoms with Gasteiger partial charge in [-0.2, -0.15) is 0 Å². The van der Waals surface area contributed by atoms with Gasteiger partial charge < -0.3 is 14.5 Å². The van der Waals surface area contributed by atoms with Gasteiger partial charge in [-0.05, 0) is 38.8 Å². The highest BCUT2D eigenvalue weighted by Crippen LogP contribution is 2.41. The molecule has 1 fully saturated rings. The molecule has 0 bridgehead atoms. The number of carbonyl (C=O) groups excluding carboxylic acids is 1. The van der Waals surface area contributed by atoms with Crippen molar-refractivity contribution in [1.82, 2.24) is 5.32 Å². The fraction of sp³-hybridized carbons (Fsp3) is 0.643. The van der Waals surface area contributed by atoms with Crippen molar-refractivity contribution in [3.63, 3.8) is 0 Å². The van der Waals surface area contributed by atoms with Crippen LogP contribution in [-0.2, 0) is 9.53 Å². The summed E-state index contributed by atoms with van der Waals surface area (Å²) in [7, 11) is 1.46. The molecule has 2 atom stereocenters. The molecule has 1 N–H and O–H groups in total. The molecule has 1 aliphatic carbocycles. The number of rotatable bonds is 5. The quantitative estimate of drug-likeness (QED) is 0.842. The molecule has 0 aromatic carbocycles. The van der Waals surface area contributed by atoms with E-state index in [0.717, 1.165) is 31.6 Å². The van der Waals surface area contributed by atoms with Crippen LogP contribution in [-0.4, -0.2) is 30.4 Å². The second-order valence-electron chi connectivity index (χ2n) is 4.93. The molecule has 1 aliphatic rings. The van der Waals surface area contributed by atoms with Crippen LogP contribution in [0.25, 0.3) is 0 Å². The zero-order valence-corrected chi connectivity index (χ0v) is 12.5. The summed E-state index contributed by atoms with van der Waals surface area (Å²) in [4.78, 5) is 13.2. The average molecular weight is 283 g/mol. The fourth-order valence-electron chi connectivity index (χ4n) is 2.73. The second kappa shape index (κ2) is 6.01. The molecular formula is C14H21NO3S. The molecule has 2 unspecified atom stereocenters. The van der Waals surface area contributed by atoms with E-state index in [1.54, 1.807) is 18.0 Å². The molecule has 1 saturated carbocycles. The molecule has 0 aliphatic heterocycles. The van der Waals surface area contributed by atoms with E-state index >= 15 is 0 Å². The Morgan fingerprint density at radius 3 is 3.05 bits per heavy atom. The number of aryl methyl sites for hydroxylation is 1. The van der Waals surface area contributed by atoms with E-state index in [1.807, 2.05) is 19.9 Å². The number of hydrogen-bond acceptors (Lipinski definition) is 5. The largest absolute Gasteiger partial charge is 0.468 e. The first-order valence-electron chi connectivity index (χ1n) is 6.65. The third kappa shape index (κ3) is 2.98. The van der Waals surface area contributed by atoms with E-state index in [9.17, 15) is 4.79 Å². The normalized spacial score (nSPS) is 26.6. The van der Waals surface area contributed by atoms with Crippen LogP contribution in [0.3, 0.4) is 0 Å². The number of furan rings is 1. The van der Waals surface area contributed by atoms with E-state index in [-0.39, 0.29) is 5.97 Å². The van der Waals surface area contributed by atoms with Gasteiger partial charge in [-0.3, -0.25) is 4.79 Å². The maximum absolute atomic E-state index is 12.0. The SMILES string of the molecule is CCNC1(C(=O)OC)CCC(Sc2ccoc2C)C1. The molecule has 1 heterocycles. The first-order chi connectivity index (χ1) is 9.11. The van der Waals surface area contributed by atoms with E-state index in [2.05, 4.69) is 5.32 Å². The van der Waals surface area contributed by atoms with Crippen molar-refractivity contribution < 1.29 is 13.9 Å². The molecule has 0 radical (unpaired) electrons. The van der Waals surface area contributed by atoms with E-state index in [4.69, 9.17) is 9.15 Å². The number of likely N-dealkylation sites (N-methyl/N-ethyl adjacent to an activating group) is 1. The van der Waals surface area contributed by atoms with Crippen LogP contribution in [0, 0.1) is 6.92 Å². The smallest absolute Gasteiger partial charge is 0.326 e. The summed E-state index contributed by atoms with van der Waals surface area (Å²) in [5, 5.41) is 3.75. The summed E-state index contributed by atoms with van der Waals surface area (Å²) in [6.07, 6.45) is 4.37. The Morgan fingerprint density at radius 1 is 1.68 bits per heavy atom. The Balaban J connectivity index is 2.04. The summed E-state index contributed by atoms with van der Waals surface area (Å²) in [6, 6.07) is 1.99. The number of carbonyl (C=O) groups is 1. The van der Waals surface area contributed by atoms with Crippen molar-refractivity contribution in [3.05, 3.63) is 18.1 Å². The summed E-state index contributed by atoms with van der Waals surface area (Å²) in [5.41, 5.74) is -0.501. The van der Waals surface area contributed by atoms with Gasteiger partial charge in [0.05, 0.1) is 13.4 Å². The lowest BCUT2D eigenvalue weighted by atomic mass is 9.98. The maximum atomic E-state index is 12.0. The van der Waals surface area contributed by atoms with Crippen LogP contribution in [0.2, 0.25) is 0 Å². The van der Waals surface area contributed by atoms with Gasteiger partial charge in [-0.1, -0.05) is 6.92 Å². The molecule has 0 saturated heterocycles. The number of thioether (sulfide) groups is 1. The lowest BCUT2D eigenvalue weighted by Gasteiger charge is -2.27. The van der Waals surface area contributed by atoms with E-state index in [0.29, 0.717) is 5.25 Å². The summed E-state index contributed by atoms with van der Waals surface area (Å²) in [6.45, 7) is 4.76. The number of esters is 1. The van der Waals surface area contributed by atoms with Gasteiger partial charge >= 0.3 is 5.97 Å². The Bertz CT molecular complexity index is 446. The highest BCUT2D eigenvalue weighted by atomic mass is 32.2. The molecule has 5 heteroatoms. The topological polar surface area (TPSA) is 51.5 Å². The summed E-state index contributed by atoms with van der Waals surface area (Å²) >= 11 is 1.80. The minimum atomic E-state index is -0.501. The lowest BCUT2D eigenvalue weighted by Crippen LogP contribution is -2.50. The minimum absolute atomic E-state index is 0.138. The highest BCUT2D eigenvalue weighted by Gasteiger charge is 2.46. The number of hydrogen-bond donors (Lipinski definition) is 1. The molecule has 0 spiro atoms. The van der Waals surface area contributed by atoms with Crippen molar-refractivity contribution >= 4 is 17.7 Å². The van der Waals surface area contributed by atoms with Gasteiger partial charge in [-0.15, -0.1) is 11.8 Å². The number of nitrogens with one attached hydrogen (secondary N) is 1.